The van der Waals surface area contributed by atoms with E-state index >= 15 is 0 Å². The lowest BCUT2D eigenvalue weighted by atomic mass is 10.2. The van der Waals surface area contributed by atoms with Gasteiger partial charge >= 0.3 is 6.61 Å². The maximum atomic E-state index is 12.4. The largest absolute Gasteiger partial charge is 0.454 e. The molecule has 4 rings (SSSR count). The summed E-state index contributed by atoms with van der Waals surface area (Å²) in [5.41, 5.74) is 2.39. The lowest BCUT2D eigenvalue weighted by Gasteiger charge is -2.07. The molecular formula is C21H17F2N3O3S. The number of thiazole rings is 1. The Morgan fingerprint density at radius 2 is 1.97 bits per heavy atom. The Bertz CT molecular complexity index is 1140. The van der Waals surface area contributed by atoms with E-state index in [1.165, 1.54) is 23.5 Å². The Labute approximate surface area is 175 Å². The molecule has 0 spiro atoms. The molecule has 1 aromatic heterocycles. The highest BCUT2D eigenvalue weighted by Gasteiger charge is 2.13. The molecule has 0 saturated heterocycles. The second kappa shape index (κ2) is 8.91. The van der Waals surface area contributed by atoms with Crippen molar-refractivity contribution in [2.75, 3.05) is 13.3 Å². The average molecular weight is 429 g/mol. The third-order valence-electron chi connectivity index (χ3n) is 4.14. The molecule has 0 N–H and O–H groups in total. The minimum atomic E-state index is -2.86. The van der Waals surface area contributed by atoms with Gasteiger partial charge in [-0.3, -0.25) is 4.99 Å². The standard InChI is InChI=1S/C21H17F2N3O3S/c1-2-9-24-21-26(25-11-14-3-8-18-19(10-14)28-13-27-18)17(12-30-21)15-4-6-16(7-5-15)29-20(22)23/h2-8,10-12,20H,1,9,13H2/b24-21?,25-11-. The zero-order valence-electron chi connectivity index (χ0n) is 15.7. The van der Waals surface area contributed by atoms with Crippen LogP contribution in [0.25, 0.3) is 11.3 Å². The van der Waals surface area contributed by atoms with Gasteiger partial charge in [-0.1, -0.05) is 6.08 Å². The van der Waals surface area contributed by atoms with Crippen LogP contribution in [-0.4, -0.2) is 30.8 Å². The number of rotatable bonds is 7. The predicted molar refractivity (Wildman–Crippen MR) is 111 cm³/mol. The van der Waals surface area contributed by atoms with Crippen molar-refractivity contribution in [1.82, 2.24) is 4.68 Å². The lowest BCUT2D eigenvalue weighted by Crippen LogP contribution is -2.12. The molecular weight excluding hydrogens is 412 g/mol. The highest BCUT2D eigenvalue weighted by molar-refractivity contribution is 7.07. The van der Waals surface area contributed by atoms with E-state index in [4.69, 9.17) is 9.47 Å². The van der Waals surface area contributed by atoms with E-state index < -0.39 is 6.61 Å². The van der Waals surface area contributed by atoms with Crippen LogP contribution >= 0.6 is 11.3 Å². The van der Waals surface area contributed by atoms with E-state index in [0.717, 1.165) is 16.8 Å². The second-order valence-corrected chi connectivity index (χ2v) is 6.94. The van der Waals surface area contributed by atoms with Crippen molar-refractivity contribution in [3.05, 3.63) is 70.9 Å². The minimum absolute atomic E-state index is 0.0935. The van der Waals surface area contributed by atoms with Crippen molar-refractivity contribution in [2.45, 2.75) is 6.61 Å². The summed E-state index contributed by atoms with van der Waals surface area (Å²) in [5, 5.41) is 6.49. The Morgan fingerprint density at radius 3 is 2.73 bits per heavy atom. The number of hydrogen-bond donors (Lipinski definition) is 0. The molecule has 3 aromatic rings. The Hall–Kier alpha value is -3.46. The van der Waals surface area contributed by atoms with Crippen LogP contribution in [0, 0.1) is 0 Å². The molecule has 0 atom stereocenters. The van der Waals surface area contributed by atoms with E-state index in [1.807, 2.05) is 23.6 Å². The summed E-state index contributed by atoms with van der Waals surface area (Å²) < 4.78 is 41.6. The van der Waals surface area contributed by atoms with Crippen molar-refractivity contribution in [3.63, 3.8) is 0 Å². The van der Waals surface area contributed by atoms with Gasteiger partial charge in [-0.25, -0.2) is 4.68 Å². The summed E-state index contributed by atoms with van der Waals surface area (Å²) in [6.07, 6.45) is 3.39. The number of benzene rings is 2. The first-order chi connectivity index (χ1) is 14.6. The summed E-state index contributed by atoms with van der Waals surface area (Å²) in [6, 6.07) is 11.9. The maximum absolute atomic E-state index is 12.4. The van der Waals surface area contributed by atoms with Crippen molar-refractivity contribution in [3.8, 4) is 28.5 Å². The fourth-order valence-corrected chi connectivity index (χ4v) is 3.63. The fraction of sp³-hybridized carbons (Fsp3) is 0.143. The molecule has 6 nitrogen and oxygen atoms in total. The monoisotopic (exact) mass is 429 g/mol. The molecule has 0 unspecified atom stereocenters. The Kier molecular flexibility index (Phi) is 5.89. The van der Waals surface area contributed by atoms with Gasteiger partial charge in [0.2, 0.25) is 11.6 Å². The number of hydrogen-bond acceptors (Lipinski definition) is 6. The van der Waals surface area contributed by atoms with Crippen LogP contribution in [0.3, 0.4) is 0 Å². The predicted octanol–water partition coefficient (Wildman–Crippen LogP) is 4.52. The molecule has 1 aliphatic heterocycles. The molecule has 2 aromatic carbocycles. The Morgan fingerprint density at radius 1 is 1.17 bits per heavy atom. The third-order valence-corrected chi connectivity index (χ3v) is 4.99. The van der Waals surface area contributed by atoms with Crippen LogP contribution in [0.15, 0.2) is 70.6 Å². The molecule has 0 aliphatic carbocycles. The molecule has 0 amide bonds. The molecule has 0 bridgehead atoms. The summed E-state index contributed by atoms with van der Waals surface area (Å²) in [4.78, 5) is 5.15. The maximum Gasteiger partial charge on any atom is 0.387 e. The number of nitrogens with zero attached hydrogens (tertiary/aromatic N) is 3. The Balaban J connectivity index is 1.68. The first-order valence-corrected chi connectivity index (χ1v) is 9.83. The van der Waals surface area contributed by atoms with E-state index in [9.17, 15) is 8.78 Å². The van der Waals surface area contributed by atoms with E-state index in [2.05, 4.69) is 21.4 Å². The molecule has 0 radical (unpaired) electrons. The van der Waals surface area contributed by atoms with Gasteiger partial charge in [-0.15, -0.1) is 17.9 Å². The zero-order chi connectivity index (χ0) is 20.9. The summed E-state index contributed by atoms with van der Waals surface area (Å²) >= 11 is 1.42. The summed E-state index contributed by atoms with van der Waals surface area (Å²) in [7, 11) is 0. The first kappa shape index (κ1) is 19.8. The smallest absolute Gasteiger partial charge is 0.387 e. The van der Waals surface area contributed by atoms with Crippen molar-refractivity contribution in [2.24, 2.45) is 10.1 Å². The molecule has 1 aliphatic rings. The normalized spacial score (nSPS) is 13.4. The second-order valence-electron chi connectivity index (χ2n) is 6.10. The van der Waals surface area contributed by atoms with Crippen LogP contribution in [0.1, 0.15) is 5.56 Å². The lowest BCUT2D eigenvalue weighted by molar-refractivity contribution is -0.0498. The van der Waals surface area contributed by atoms with Gasteiger partial charge in [-0.2, -0.15) is 13.9 Å². The number of aromatic nitrogens is 1. The topological polar surface area (TPSA) is 57.3 Å². The SMILES string of the molecule is C=CCN=c1scc(-c2ccc(OC(F)F)cc2)n1/N=C\c1ccc2c(c1)OCO2. The van der Waals surface area contributed by atoms with Gasteiger partial charge in [0.05, 0.1) is 18.5 Å². The molecule has 0 fully saturated rings. The minimum Gasteiger partial charge on any atom is -0.454 e. The summed E-state index contributed by atoms with van der Waals surface area (Å²) in [5.74, 6) is 1.46. The number of halogens is 2. The van der Waals surface area contributed by atoms with Gasteiger partial charge in [-0.05, 0) is 48.0 Å². The van der Waals surface area contributed by atoms with Crippen molar-refractivity contribution < 1.29 is 23.0 Å². The average Bonchev–Trinajstić information content (AvgIpc) is 3.37. The molecule has 9 heteroatoms. The number of fused-ring (bicyclic) bond motifs is 1. The fourth-order valence-electron chi connectivity index (χ4n) is 2.79. The van der Waals surface area contributed by atoms with Crippen LogP contribution in [0.2, 0.25) is 0 Å². The molecule has 30 heavy (non-hydrogen) atoms. The van der Waals surface area contributed by atoms with E-state index in [0.29, 0.717) is 22.8 Å². The van der Waals surface area contributed by atoms with Crippen molar-refractivity contribution in [1.29, 1.82) is 0 Å². The van der Waals surface area contributed by atoms with Crippen LogP contribution < -0.4 is 19.0 Å². The van der Waals surface area contributed by atoms with Crippen LogP contribution in [0.5, 0.6) is 17.2 Å². The third kappa shape index (κ3) is 4.41. The zero-order valence-corrected chi connectivity index (χ0v) is 16.5. The van der Waals surface area contributed by atoms with Gasteiger partial charge in [0.25, 0.3) is 0 Å². The highest BCUT2D eigenvalue weighted by atomic mass is 32.1. The first-order valence-electron chi connectivity index (χ1n) is 8.95. The van der Waals surface area contributed by atoms with Gasteiger partial charge < -0.3 is 14.2 Å². The quantitative estimate of drug-likeness (QED) is 0.410. The van der Waals surface area contributed by atoms with Crippen molar-refractivity contribution >= 4 is 17.6 Å². The van der Waals surface area contributed by atoms with E-state index in [1.54, 1.807) is 29.1 Å². The van der Waals surface area contributed by atoms with Gasteiger partial charge in [0.1, 0.15) is 5.75 Å². The number of alkyl halides is 2. The molecule has 154 valence electrons. The molecule has 0 saturated carbocycles. The van der Waals surface area contributed by atoms with Crippen LogP contribution in [0.4, 0.5) is 8.78 Å². The van der Waals surface area contributed by atoms with E-state index in [-0.39, 0.29) is 12.5 Å². The summed E-state index contributed by atoms with van der Waals surface area (Å²) in [6.45, 7) is 1.48. The van der Waals surface area contributed by atoms with Crippen LogP contribution in [-0.2, 0) is 0 Å². The number of ether oxygens (including phenoxy) is 3. The van der Waals surface area contributed by atoms with Gasteiger partial charge in [0, 0.05) is 10.9 Å². The highest BCUT2D eigenvalue weighted by Crippen LogP contribution is 2.32. The molecule has 2 heterocycles. The van der Waals surface area contributed by atoms with Gasteiger partial charge in [0.15, 0.2) is 11.5 Å².